The molecule has 1 fully saturated rings. The highest BCUT2D eigenvalue weighted by Gasteiger charge is 2.19. The van der Waals surface area contributed by atoms with Gasteiger partial charge in [0.2, 0.25) is 5.91 Å². The second-order valence-electron chi connectivity index (χ2n) is 6.21. The average Bonchev–Trinajstić information content (AvgIpc) is 2.44. The molecule has 5 heteroatoms. The molecule has 3 N–H and O–H groups in total. The summed E-state index contributed by atoms with van der Waals surface area (Å²) in [5.74, 6) is 0.117. The van der Waals surface area contributed by atoms with E-state index in [-0.39, 0.29) is 24.4 Å². The number of hydrogen-bond acceptors (Lipinski definition) is 3. The molecule has 4 nitrogen and oxygen atoms in total. The summed E-state index contributed by atoms with van der Waals surface area (Å²) >= 11 is 0. The van der Waals surface area contributed by atoms with Gasteiger partial charge in [0.05, 0.1) is 6.54 Å². The second kappa shape index (κ2) is 9.13. The summed E-state index contributed by atoms with van der Waals surface area (Å²) in [6.07, 6.45) is 2.86. The molecular weight excluding hydrogens is 298 g/mol. The number of piperidine rings is 1. The van der Waals surface area contributed by atoms with Gasteiger partial charge in [-0.2, -0.15) is 0 Å². The van der Waals surface area contributed by atoms with E-state index in [0.717, 1.165) is 32.4 Å². The summed E-state index contributed by atoms with van der Waals surface area (Å²) in [6.45, 7) is 6.53. The molecule has 1 heterocycles. The minimum atomic E-state index is 0. The lowest BCUT2D eigenvalue weighted by Gasteiger charge is -2.29. The molecule has 0 spiro atoms. The Morgan fingerprint density at radius 3 is 2.64 bits per heavy atom. The third-order valence-corrected chi connectivity index (χ3v) is 4.19. The number of halogens is 1. The van der Waals surface area contributed by atoms with Gasteiger partial charge in [-0.05, 0) is 44.2 Å². The van der Waals surface area contributed by atoms with Crippen LogP contribution in [0.5, 0.6) is 0 Å². The Balaban J connectivity index is 0.00000242. The zero-order valence-electron chi connectivity index (χ0n) is 13.5. The van der Waals surface area contributed by atoms with Gasteiger partial charge in [-0.15, -0.1) is 12.4 Å². The van der Waals surface area contributed by atoms with Crippen molar-refractivity contribution < 1.29 is 4.79 Å². The second-order valence-corrected chi connectivity index (χ2v) is 6.21. The smallest absolute Gasteiger partial charge is 0.234 e. The fraction of sp³-hybridized carbons (Fsp3) is 0.588. The first-order chi connectivity index (χ1) is 10.0. The fourth-order valence-corrected chi connectivity index (χ4v) is 2.85. The Hall–Kier alpha value is -1.10. The van der Waals surface area contributed by atoms with E-state index >= 15 is 0 Å². The highest BCUT2D eigenvalue weighted by Crippen LogP contribution is 2.10. The fourth-order valence-electron chi connectivity index (χ4n) is 2.85. The van der Waals surface area contributed by atoms with Crippen molar-refractivity contribution >= 4 is 18.3 Å². The predicted molar refractivity (Wildman–Crippen MR) is 93.4 cm³/mol. The number of carbonyl (C=O) groups excluding carboxylic acids is 1. The number of hydrogen-bond donors (Lipinski definition) is 2. The quantitative estimate of drug-likeness (QED) is 0.869. The Morgan fingerprint density at radius 1 is 1.36 bits per heavy atom. The number of aryl methyl sites for hydroxylation is 1. The van der Waals surface area contributed by atoms with E-state index in [2.05, 4.69) is 36.2 Å². The van der Waals surface area contributed by atoms with Crippen molar-refractivity contribution in [2.75, 3.05) is 19.6 Å². The van der Waals surface area contributed by atoms with Crippen molar-refractivity contribution in [3.63, 3.8) is 0 Å². The first kappa shape index (κ1) is 18.9. The standard InChI is InChI=1S/C17H27N3O.ClH/c1-13-5-3-4-6-15(13)11-14(2)19-17(21)12-20-9-7-16(18)8-10-20;/h3-6,14,16H,7-12,18H2,1-2H3,(H,19,21);1H. The lowest BCUT2D eigenvalue weighted by molar-refractivity contribution is -0.123. The van der Waals surface area contributed by atoms with Crippen LogP contribution in [0.3, 0.4) is 0 Å². The van der Waals surface area contributed by atoms with Crippen LogP contribution in [0.2, 0.25) is 0 Å². The number of nitrogens with one attached hydrogen (secondary N) is 1. The first-order valence-corrected chi connectivity index (χ1v) is 7.86. The van der Waals surface area contributed by atoms with E-state index in [0.29, 0.717) is 12.6 Å². The van der Waals surface area contributed by atoms with Gasteiger partial charge in [-0.1, -0.05) is 24.3 Å². The van der Waals surface area contributed by atoms with Gasteiger partial charge in [-0.25, -0.2) is 0 Å². The van der Waals surface area contributed by atoms with Gasteiger partial charge in [0.1, 0.15) is 0 Å². The lowest BCUT2D eigenvalue weighted by atomic mass is 10.0. The molecule has 1 atom stereocenters. The Kier molecular flexibility index (Phi) is 7.87. The average molecular weight is 326 g/mol. The topological polar surface area (TPSA) is 58.4 Å². The van der Waals surface area contributed by atoms with Gasteiger partial charge in [-0.3, -0.25) is 9.69 Å². The van der Waals surface area contributed by atoms with Gasteiger partial charge >= 0.3 is 0 Å². The first-order valence-electron chi connectivity index (χ1n) is 7.86. The normalized spacial score (nSPS) is 17.6. The molecule has 0 bridgehead atoms. The van der Waals surface area contributed by atoms with Gasteiger partial charge in [0, 0.05) is 25.2 Å². The number of carbonyl (C=O) groups is 1. The summed E-state index contributed by atoms with van der Waals surface area (Å²) in [4.78, 5) is 14.3. The lowest BCUT2D eigenvalue weighted by Crippen LogP contribution is -2.46. The largest absolute Gasteiger partial charge is 0.352 e. The molecular formula is C17H28ClN3O. The van der Waals surface area contributed by atoms with Crippen molar-refractivity contribution in [1.82, 2.24) is 10.2 Å². The molecule has 1 unspecified atom stereocenters. The van der Waals surface area contributed by atoms with Crippen molar-refractivity contribution in [3.8, 4) is 0 Å². The zero-order valence-corrected chi connectivity index (χ0v) is 14.4. The van der Waals surface area contributed by atoms with E-state index in [9.17, 15) is 4.79 Å². The Labute approximate surface area is 139 Å². The van der Waals surface area contributed by atoms with Crippen LogP contribution in [-0.2, 0) is 11.2 Å². The van der Waals surface area contributed by atoms with E-state index in [1.807, 2.05) is 12.1 Å². The van der Waals surface area contributed by atoms with E-state index in [1.165, 1.54) is 11.1 Å². The van der Waals surface area contributed by atoms with Crippen LogP contribution < -0.4 is 11.1 Å². The third-order valence-electron chi connectivity index (χ3n) is 4.19. The molecule has 1 aromatic rings. The van der Waals surface area contributed by atoms with Crippen LogP contribution >= 0.6 is 12.4 Å². The third kappa shape index (κ3) is 5.95. The number of likely N-dealkylation sites (tertiary alicyclic amines) is 1. The molecule has 124 valence electrons. The van der Waals surface area contributed by atoms with Crippen LogP contribution in [0.15, 0.2) is 24.3 Å². The van der Waals surface area contributed by atoms with Crippen molar-refractivity contribution in [2.24, 2.45) is 5.73 Å². The van der Waals surface area contributed by atoms with Crippen LogP contribution in [0.1, 0.15) is 30.9 Å². The number of rotatable bonds is 5. The van der Waals surface area contributed by atoms with Crippen molar-refractivity contribution in [3.05, 3.63) is 35.4 Å². The van der Waals surface area contributed by atoms with Crippen molar-refractivity contribution in [1.29, 1.82) is 0 Å². The van der Waals surface area contributed by atoms with Gasteiger partial charge in [0.25, 0.3) is 0 Å². The van der Waals surface area contributed by atoms with E-state index in [1.54, 1.807) is 0 Å². The SMILES string of the molecule is Cc1ccccc1CC(C)NC(=O)CN1CCC(N)CC1.Cl. The minimum absolute atomic E-state index is 0. The Bertz CT molecular complexity index is 473. The molecule has 1 aliphatic rings. The molecule has 1 amide bonds. The van der Waals surface area contributed by atoms with Crippen LogP contribution in [0.4, 0.5) is 0 Å². The monoisotopic (exact) mass is 325 g/mol. The molecule has 0 aromatic heterocycles. The number of benzene rings is 1. The number of nitrogens with zero attached hydrogens (tertiary/aromatic N) is 1. The zero-order chi connectivity index (χ0) is 15.2. The molecule has 1 aromatic carbocycles. The van der Waals surface area contributed by atoms with E-state index < -0.39 is 0 Å². The van der Waals surface area contributed by atoms with Gasteiger partial charge in [0.15, 0.2) is 0 Å². The molecule has 0 aliphatic carbocycles. The molecule has 1 saturated heterocycles. The Morgan fingerprint density at radius 2 is 2.00 bits per heavy atom. The van der Waals surface area contributed by atoms with E-state index in [4.69, 9.17) is 5.73 Å². The maximum atomic E-state index is 12.1. The maximum absolute atomic E-state index is 12.1. The van der Waals surface area contributed by atoms with Crippen molar-refractivity contribution in [2.45, 2.75) is 45.2 Å². The van der Waals surface area contributed by atoms with Gasteiger partial charge < -0.3 is 11.1 Å². The summed E-state index contributed by atoms with van der Waals surface area (Å²) in [6, 6.07) is 8.80. The summed E-state index contributed by atoms with van der Waals surface area (Å²) in [7, 11) is 0. The molecule has 0 radical (unpaired) electrons. The summed E-state index contributed by atoms with van der Waals surface area (Å²) in [5, 5.41) is 3.10. The van der Waals surface area contributed by atoms with Crippen LogP contribution in [0.25, 0.3) is 0 Å². The van der Waals surface area contributed by atoms with Crippen LogP contribution in [0, 0.1) is 6.92 Å². The molecule has 0 saturated carbocycles. The predicted octanol–water partition coefficient (Wildman–Crippen LogP) is 1.89. The maximum Gasteiger partial charge on any atom is 0.234 e. The molecule has 2 rings (SSSR count). The van der Waals surface area contributed by atoms with Crippen LogP contribution in [-0.4, -0.2) is 42.5 Å². The highest BCUT2D eigenvalue weighted by molar-refractivity contribution is 5.85. The summed E-state index contributed by atoms with van der Waals surface area (Å²) < 4.78 is 0. The highest BCUT2D eigenvalue weighted by atomic mass is 35.5. The summed E-state index contributed by atoms with van der Waals surface area (Å²) in [5.41, 5.74) is 8.46. The molecule has 1 aliphatic heterocycles. The number of nitrogens with two attached hydrogens (primary N) is 1. The number of amides is 1. The molecule has 22 heavy (non-hydrogen) atoms. The minimum Gasteiger partial charge on any atom is -0.352 e.